The van der Waals surface area contributed by atoms with Crippen LogP contribution in [0.3, 0.4) is 0 Å². The van der Waals surface area contributed by atoms with Gasteiger partial charge in [-0.25, -0.2) is 4.79 Å². The van der Waals surface area contributed by atoms with Crippen molar-refractivity contribution in [2.24, 2.45) is 5.73 Å². The van der Waals surface area contributed by atoms with Gasteiger partial charge in [-0.05, 0) is 25.0 Å². The van der Waals surface area contributed by atoms with Gasteiger partial charge in [0.05, 0.1) is 7.11 Å². The minimum Gasteiger partial charge on any atom is -0.508 e. The Hall–Kier alpha value is -1.75. The van der Waals surface area contributed by atoms with Gasteiger partial charge in [0.2, 0.25) is 0 Å². The van der Waals surface area contributed by atoms with Crippen molar-refractivity contribution < 1.29 is 19.7 Å². The third-order valence-electron chi connectivity index (χ3n) is 2.17. The first-order valence-electron chi connectivity index (χ1n) is 4.84. The molecule has 0 amide bonds. The number of benzene rings is 1. The molecule has 5 nitrogen and oxygen atoms in total. The zero-order valence-corrected chi connectivity index (χ0v) is 9.23. The van der Waals surface area contributed by atoms with Crippen LogP contribution >= 0.6 is 0 Å². The zero-order valence-electron chi connectivity index (χ0n) is 9.23. The average Bonchev–Trinajstić information content (AvgIpc) is 2.19. The molecule has 0 aromatic heterocycles. The van der Waals surface area contributed by atoms with Crippen molar-refractivity contribution in [2.45, 2.75) is 19.4 Å². The van der Waals surface area contributed by atoms with Crippen molar-refractivity contribution in [3.63, 3.8) is 0 Å². The van der Waals surface area contributed by atoms with Crippen molar-refractivity contribution in [1.29, 1.82) is 0 Å². The van der Waals surface area contributed by atoms with Crippen LogP contribution in [0.1, 0.15) is 22.8 Å². The summed E-state index contributed by atoms with van der Waals surface area (Å²) in [7, 11) is 1.35. The van der Waals surface area contributed by atoms with Crippen LogP contribution in [0, 0.1) is 0 Å². The summed E-state index contributed by atoms with van der Waals surface area (Å²) in [4.78, 5) is 10.9. The third kappa shape index (κ3) is 2.64. The van der Waals surface area contributed by atoms with Crippen molar-refractivity contribution >= 4 is 5.97 Å². The maximum Gasteiger partial charge on any atom is 0.339 e. The highest BCUT2D eigenvalue weighted by Crippen LogP contribution is 2.28. The second kappa shape index (κ2) is 4.85. The summed E-state index contributed by atoms with van der Waals surface area (Å²) in [5.41, 5.74) is 6.13. The summed E-state index contributed by atoms with van der Waals surface area (Å²) in [5, 5.41) is 18.6. The number of carboxylic acid groups (broad SMARTS) is 1. The Morgan fingerprint density at radius 3 is 2.62 bits per heavy atom. The highest BCUT2D eigenvalue weighted by Gasteiger charge is 2.15. The zero-order chi connectivity index (χ0) is 12.3. The molecule has 0 saturated heterocycles. The number of hydrogen-bond donors (Lipinski definition) is 3. The monoisotopic (exact) mass is 225 g/mol. The molecule has 0 saturated carbocycles. The maximum atomic E-state index is 10.9. The molecule has 0 aliphatic heterocycles. The van der Waals surface area contributed by atoms with Gasteiger partial charge in [-0.2, -0.15) is 0 Å². The molecule has 4 N–H and O–H groups in total. The number of aromatic hydroxyl groups is 1. The molecule has 16 heavy (non-hydrogen) atoms. The molecule has 0 radical (unpaired) electrons. The van der Waals surface area contributed by atoms with E-state index in [1.807, 2.05) is 0 Å². The quantitative estimate of drug-likeness (QED) is 0.710. The Morgan fingerprint density at radius 1 is 1.56 bits per heavy atom. The number of phenols is 1. The summed E-state index contributed by atoms with van der Waals surface area (Å²) in [5.74, 6) is -0.958. The number of hydrogen-bond acceptors (Lipinski definition) is 4. The van der Waals surface area contributed by atoms with Crippen LogP contribution in [-0.2, 0) is 6.42 Å². The number of methoxy groups -OCH3 is 1. The van der Waals surface area contributed by atoms with E-state index >= 15 is 0 Å². The van der Waals surface area contributed by atoms with Gasteiger partial charge in [0.25, 0.3) is 0 Å². The van der Waals surface area contributed by atoms with Gasteiger partial charge in [0, 0.05) is 12.1 Å². The predicted molar refractivity (Wildman–Crippen MR) is 59.0 cm³/mol. The van der Waals surface area contributed by atoms with Crippen molar-refractivity contribution in [2.75, 3.05) is 7.11 Å². The predicted octanol–water partition coefficient (Wildman–Crippen LogP) is 0.989. The van der Waals surface area contributed by atoms with E-state index < -0.39 is 5.97 Å². The molecule has 0 aliphatic rings. The van der Waals surface area contributed by atoms with Crippen LogP contribution in [0.5, 0.6) is 11.5 Å². The minimum absolute atomic E-state index is 0.000787. The number of aromatic carboxylic acids is 1. The lowest BCUT2D eigenvalue weighted by Gasteiger charge is -2.11. The van der Waals surface area contributed by atoms with Gasteiger partial charge in [-0.3, -0.25) is 0 Å². The first-order valence-corrected chi connectivity index (χ1v) is 4.84. The smallest absolute Gasteiger partial charge is 0.339 e. The maximum absolute atomic E-state index is 10.9. The van der Waals surface area contributed by atoms with Crippen LogP contribution in [-0.4, -0.2) is 29.3 Å². The lowest BCUT2D eigenvalue weighted by atomic mass is 10.0. The second-order valence-corrected chi connectivity index (χ2v) is 3.67. The average molecular weight is 225 g/mol. The van der Waals surface area contributed by atoms with E-state index in [4.69, 9.17) is 15.6 Å². The molecule has 88 valence electrons. The molecule has 0 heterocycles. The van der Waals surface area contributed by atoms with E-state index in [-0.39, 0.29) is 23.1 Å². The first-order chi connectivity index (χ1) is 7.45. The van der Waals surface area contributed by atoms with Crippen LogP contribution in [0.2, 0.25) is 0 Å². The van der Waals surface area contributed by atoms with Crippen LogP contribution in [0.25, 0.3) is 0 Å². The molecule has 1 aromatic rings. The van der Waals surface area contributed by atoms with Crippen molar-refractivity contribution in [1.82, 2.24) is 0 Å². The molecule has 1 aromatic carbocycles. The van der Waals surface area contributed by atoms with Crippen molar-refractivity contribution in [3.05, 3.63) is 23.3 Å². The van der Waals surface area contributed by atoms with E-state index in [2.05, 4.69) is 0 Å². The lowest BCUT2D eigenvalue weighted by Crippen LogP contribution is -2.18. The van der Waals surface area contributed by atoms with Crippen LogP contribution < -0.4 is 10.5 Å². The van der Waals surface area contributed by atoms with E-state index in [0.29, 0.717) is 12.0 Å². The second-order valence-electron chi connectivity index (χ2n) is 3.67. The van der Waals surface area contributed by atoms with Gasteiger partial charge in [-0.15, -0.1) is 0 Å². The number of ether oxygens (including phenoxy) is 1. The number of nitrogens with two attached hydrogens (primary N) is 1. The SMILES string of the molecule is COc1cc(O)c(CC(C)N)cc1C(=O)O. The van der Waals surface area contributed by atoms with E-state index in [0.717, 1.165) is 0 Å². The molecule has 0 fully saturated rings. The fourth-order valence-electron chi connectivity index (χ4n) is 1.46. The van der Waals surface area contributed by atoms with Crippen LogP contribution in [0.4, 0.5) is 0 Å². The standard InChI is InChI=1S/C11H15NO4/c1-6(12)3-7-4-8(11(14)15)10(16-2)5-9(7)13/h4-6,13H,3,12H2,1-2H3,(H,14,15). The Balaban J connectivity index is 3.22. The topological polar surface area (TPSA) is 92.8 Å². The fraction of sp³-hybridized carbons (Fsp3) is 0.364. The molecule has 0 aliphatic carbocycles. The lowest BCUT2D eigenvalue weighted by molar-refractivity contribution is 0.0693. The number of phenolic OH excluding ortho intramolecular Hbond substituents is 1. The summed E-state index contributed by atoms with van der Waals surface area (Å²) >= 11 is 0. The Kier molecular flexibility index (Phi) is 3.73. The summed E-state index contributed by atoms with van der Waals surface area (Å²) < 4.78 is 4.88. The highest BCUT2D eigenvalue weighted by molar-refractivity contribution is 5.91. The summed E-state index contributed by atoms with van der Waals surface area (Å²) in [6, 6.07) is 2.53. The molecule has 5 heteroatoms. The van der Waals surface area contributed by atoms with E-state index in [1.54, 1.807) is 6.92 Å². The molecule has 1 atom stereocenters. The van der Waals surface area contributed by atoms with Gasteiger partial charge >= 0.3 is 5.97 Å². The first kappa shape index (κ1) is 12.3. The van der Waals surface area contributed by atoms with Crippen molar-refractivity contribution in [3.8, 4) is 11.5 Å². The Labute approximate surface area is 93.5 Å². The van der Waals surface area contributed by atoms with Crippen LogP contribution in [0.15, 0.2) is 12.1 Å². The summed E-state index contributed by atoms with van der Waals surface area (Å²) in [6.45, 7) is 1.78. The molecular weight excluding hydrogens is 210 g/mol. The summed E-state index contributed by atoms with van der Waals surface area (Å²) in [6.07, 6.45) is 0.413. The van der Waals surface area contributed by atoms with Gasteiger partial charge in [0.1, 0.15) is 17.1 Å². The van der Waals surface area contributed by atoms with E-state index in [9.17, 15) is 9.90 Å². The normalized spacial score (nSPS) is 12.2. The largest absolute Gasteiger partial charge is 0.508 e. The van der Waals surface area contributed by atoms with Gasteiger partial charge < -0.3 is 20.7 Å². The fourth-order valence-corrected chi connectivity index (χ4v) is 1.46. The number of carbonyl (C=O) groups is 1. The highest BCUT2D eigenvalue weighted by atomic mass is 16.5. The molecule has 0 bridgehead atoms. The number of carboxylic acids is 1. The Morgan fingerprint density at radius 2 is 2.19 bits per heavy atom. The molecular formula is C11H15NO4. The molecule has 0 spiro atoms. The third-order valence-corrected chi connectivity index (χ3v) is 2.17. The minimum atomic E-state index is -1.09. The van der Waals surface area contributed by atoms with Gasteiger partial charge in [0.15, 0.2) is 0 Å². The van der Waals surface area contributed by atoms with Gasteiger partial charge in [-0.1, -0.05) is 0 Å². The Bertz CT molecular complexity index is 401. The molecule has 1 rings (SSSR count). The molecule has 1 unspecified atom stereocenters. The number of rotatable bonds is 4. The van der Waals surface area contributed by atoms with E-state index in [1.165, 1.54) is 19.2 Å².